The maximum Gasteiger partial charge on any atom is 0.309 e. The van der Waals surface area contributed by atoms with E-state index >= 15 is 0 Å². The van der Waals surface area contributed by atoms with Gasteiger partial charge >= 0.3 is 5.97 Å². The van der Waals surface area contributed by atoms with Crippen LogP contribution in [-0.2, 0) is 4.79 Å². The van der Waals surface area contributed by atoms with Crippen molar-refractivity contribution in [2.24, 2.45) is 5.41 Å². The Morgan fingerprint density at radius 1 is 1.31 bits per heavy atom. The smallest absolute Gasteiger partial charge is 0.309 e. The third-order valence-electron chi connectivity index (χ3n) is 1.76. The molecule has 0 aromatic carbocycles. The molecule has 0 fully saturated rings. The molecule has 0 atom stereocenters. The van der Waals surface area contributed by atoms with Gasteiger partial charge in [0.25, 0.3) is 0 Å². The number of nitrogens with zero attached hydrogens (tertiary/aromatic N) is 1. The maximum atomic E-state index is 10.6. The SMILES string of the molecule is CC.CN(C)CCC(C)(C)C(=O)O. The second-order valence-corrected chi connectivity index (χ2v) is 3.74. The molecular formula is C10H23NO2. The molecule has 0 aliphatic rings. The van der Waals surface area contributed by atoms with E-state index in [1.807, 2.05) is 32.8 Å². The van der Waals surface area contributed by atoms with E-state index in [2.05, 4.69) is 0 Å². The van der Waals surface area contributed by atoms with Crippen molar-refractivity contribution in [3.05, 3.63) is 0 Å². The van der Waals surface area contributed by atoms with E-state index in [-0.39, 0.29) is 0 Å². The fourth-order valence-corrected chi connectivity index (χ4v) is 0.610. The van der Waals surface area contributed by atoms with Crippen LogP contribution in [0.3, 0.4) is 0 Å². The molecule has 1 N–H and O–H groups in total. The van der Waals surface area contributed by atoms with Crippen LogP contribution in [0.4, 0.5) is 0 Å². The van der Waals surface area contributed by atoms with Crippen LogP contribution < -0.4 is 0 Å². The van der Waals surface area contributed by atoms with E-state index in [4.69, 9.17) is 5.11 Å². The number of hydrogen-bond donors (Lipinski definition) is 1. The van der Waals surface area contributed by atoms with Crippen LogP contribution in [0, 0.1) is 5.41 Å². The normalized spacial score (nSPS) is 10.7. The second kappa shape index (κ2) is 6.89. The van der Waals surface area contributed by atoms with Crippen LogP contribution in [0.1, 0.15) is 34.1 Å². The third-order valence-corrected chi connectivity index (χ3v) is 1.76. The fourth-order valence-electron chi connectivity index (χ4n) is 0.610. The zero-order valence-electron chi connectivity index (χ0n) is 9.72. The summed E-state index contributed by atoms with van der Waals surface area (Å²) in [6.45, 7) is 8.32. The molecule has 3 nitrogen and oxygen atoms in total. The molecule has 0 saturated heterocycles. The molecule has 3 heteroatoms. The van der Waals surface area contributed by atoms with Gasteiger partial charge in [-0.15, -0.1) is 0 Å². The topological polar surface area (TPSA) is 40.5 Å². The van der Waals surface area contributed by atoms with Gasteiger partial charge in [0, 0.05) is 0 Å². The van der Waals surface area contributed by atoms with Crippen LogP contribution in [-0.4, -0.2) is 36.6 Å². The first-order chi connectivity index (χ1) is 5.86. The van der Waals surface area contributed by atoms with E-state index in [0.29, 0.717) is 6.42 Å². The standard InChI is InChI=1S/C8H17NO2.C2H6/c1-8(2,7(10)11)5-6-9(3)4;1-2/h5-6H2,1-4H3,(H,10,11);1-2H3. The summed E-state index contributed by atoms with van der Waals surface area (Å²) in [5, 5.41) is 8.74. The Bertz CT molecular complexity index is 142. The Kier molecular flexibility index (Phi) is 7.92. The molecule has 0 rings (SSSR count). The summed E-state index contributed by atoms with van der Waals surface area (Å²) in [5.41, 5.74) is -0.593. The van der Waals surface area contributed by atoms with E-state index in [1.165, 1.54) is 0 Å². The van der Waals surface area contributed by atoms with Crippen LogP contribution in [0.25, 0.3) is 0 Å². The third kappa shape index (κ3) is 7.78. The van der Waals surface area contributed by atoms with Crippen molar-refractivity contribution >= 4 is 5.97 Å². The predicted molar refractivity (Wildman–Crippen MR) is 55.9 cm³/mol. The van der Waals surface area contributed by atoms with Gasteiger partial charge < -0.3 is 10.0 Å². The molecule has 0 aromatic heterocycles. The molecular weight excluding hydrogens is 166 g/mol. The summed E-state index contributed by atoms with van der Waals surface area (Å²) in [7, 11) is 3.88. The first kappa shape index (κ1) is 14.9. The van der Waals surface area contributed by atoms with Gasteiger partial charge in [-0.3, -0.25) is 4.79 Å². The first-order valence-corrected chi connectivity index (χ1v) is 4.74. The van der Waals surface area contributed by atoms with Gasteiger partial charge in [-0.1, -0.05) is 13.8 Å². The number of hydrogen-bond acceptors (Lipinski definition) is 2. The monoisotopic (exact) mass is 189 g/mol. The summed E-state index contributed by atoms with van der Waals surface area (Å²) in [6, 6.07) is 0. The largest absolute Gasteiger partial charge is 0.481 e. The number of aliphatic carboxylic acids is 1. The van der Waals surface area contributed by atoms with Crippen molar-refractivity contribution < 1.29 is 9.90 Å². The zero-order valence-corrected chi connectivity index (χ0v) is 9.72. The van der Waals surface area contributed by atoms with Crippen molar-refractivity contribution in [3.63, 3.8) is 0 Å². The van der Waals surface area contributed by atoms with Crippen LogP contribution in [0.2, 0.25) is 0 Å². The van der Waals surface area contributed by atoms with E-state index in [1.54, 1.807) is 13.8 Å². The highest BCUT2D eigenvalue weighted by molar-refractivity contribution is 5.73. The molecule has 0 spiro atoms. The lowest BCUT2D eigenvalue weighted by Gasteiger charge is -2.20. The molecule has 0 aliphatic carbocycles. The van der Waals surface area contributed by atoms with Gasteiger partial charge in [0.05, 0.1) is 5.41 Å². The number of carboxylic acid groups (broad SMARTS) is 1. The summed E-state index contributed by atoms with van der Waals surface area (Å²) in [6.07, 6.45) is 0.690. The molecule has 80 valence electrons. The minimum absolute atomic E-state index is 0.593. The molecule has 0 saturated carbocycles. The second-order valence-electron chi connectivity index (χ2n) is 3.74. The van der Waals surface area contributed by atoms with Gasteiger partial charge in [-0.25, -0.2) is 0 Å². The maximum absolute atomic E-state index is 10.6. The lowest BCUT2D eigenvalue weighted by Crippen LogP contribution is -2.28. The predicted octanol–water partition coefficient (Wildman–Crippen LogP) is 2.08. The van der Waals surface area contributed by atoms with Gasteiger partial charge in [-0.05, 0) is 40.9 Å². The van der Waals surface area contributed by atoms with Gasteiger partial charge in [0.2, 0.25) is 0 Å². The van der Waals surface area contributed by atoms with E-state index in [0.717, 1.165) is 6.54 Å². The lowest BCUT2D eigenvalue weighted by molar-refractivity contribution is -0.147. The molecule has 0 aromatic rings. The highest BCUT2D eigenvalue weighted by Crippen LogP contribution is 2.19. The van der Waals surface area contributed by atoms with Gasteiger partial charge in [0.1, 0.15) is 0 Å². The number of carboxylic acids is 1. The van der Waals surface area contributed by atoms with Crippen molar-refractivity contribution in [2.75, 3.05) is 20.6 Å². The zero-order chi connectivity index (χ0) is 11.1. The van der Waals surface area contributed by atoms with Gasteiger partial charge in [-0.2, -0.15) is 0 Å². The average molecular weight is 189 g/mol. The van der Waals surface area contributed by atoms with Crippen molar-refractivity contribution in [1.82, 2.24) is 4.90 Å². The Morgan fingerprint density at radius 3 is 1.92 bits per heavy atom. The molecule has 0 bridgehead atoms. The van der Waals surface area contributed by atoms with Crippen molar-refractivity contribution in [1.29, 1.82) is 0 Å². The summed E-state index contributed by atoms with van der Waals surface area (Å²) >= 11 is 0. The fraction of sp³-hybridized carbons (Fsp3) is 0.900. The van der Waals surface area contributed by atoms with Crippen LogP contribution in [0.15, 0.2) is 0 Å². The first-order valence-electron chi connectivity index (χ1n) is 4.74. The molecule has 13 heavy (non-hydrogen) atoms. The summed E-state index contributed by atoms with van der Waals surface area (Å²) in [4.78, 5) is 12.6. The number of rotatable bonds is 4. The van der Waals surface area contributed by atoms with Crippen LogP contribution in [0.5, 0.6) is 0 Å². The minimum atomic E-state index is -0.723. The summed E-state index contributed by atoms with van der Waals surface area (Å²) < 4.78 is 0. The highest BCUT2D eigenvalue weighted by Gasteiger charge is 2.26. The van der Waals surface area contributed by atoms with E-state index < -0.39 is 11.4 Å². The Balaban J connectivity index is 0. The Morgan fingerprint density at radius 2 is 1.69 bits per heavy atom. The molecule has 0 heterocycles. The van der Waals surface area contributed by atoms with Crippen molar-refractivity contribution in [2.45, 2.75) is 34.1 Å². The minimum Gasteiger partial charge on any atom is -0.481 e. The van der Waals surface area contributed by atoms with Crippen molar-refractivity contribution in [3.8, 4) is 0 Å². The molecule has 0 aliphatic heterocycles. The summed E-state index contributed by atoms with van der Waals surface area (Å²) in [5.74, 6) is -0.723. The molecule has 0 amide bonds. The lowest BCUT2D eigenvalue weighted by atomic mass is 9.89. The Labute approximate surface area is 81.7 Å². The quantitative estimate of drug-likeness (QED) is 0.736. The molecule has 0 unspecified atom stereocenters. The van der Waals surface area contributed by atoms with Crippen LogP contribution >= 0.6 is 0 Å². The average Bonchev–Trinajstić information content (AvgIpc) is 2.05. The Hall–Kier alpha value is -0.570. The molecule has 0 radical (unpaired) electrons. The van der Waals surface area contributed by atoms with Gasteiger partial charge in [0.15, 0.2) is 0 Å². The van der Waals surface area contributed by atoms with E-state index in [9.17, 15) is 4.79 Å². The highest BCUT2D eigenvalue weighted by atomic mass is 16.4. The number of carbonyl (C=O) groups is 1.